The van der Waals surface area contributed by atoms with Crippen LogP contribution in [-0.4, -0.2) is 32.3 Å². The van der Waals surface area contributed by atoms with Gasteiger partial charge in [0.2, 0.25) is 0 Å². The lowest BCUT2D eigenvalue weighted by Gasteiger charge is -2.21. The van der Waals surface area contributed by atoms with Crippen molar-refractivity contribution < 1.29 is 9.47 Å². The summed E-state index contributed by atoms with van der Waals surface area (Å²) < 4.78 is 11.0. The second-order valence-corrected chi connectivity index (χ2v) is 5.61. The normalized spacial score (nSPS) is 15.8. The number of aliphatic imine (C=N–C) groups is 1. The zero-order chi connectivity index (χ0) is 15.6. The van der Waals surface area contributed by atoms with Gasteiger partial charge >= 0.3 is 0 Å². The van der Waals surface area contributed by atoms with E-state index >= 15 is 0 Å². The molecule has 130 valence electrons. The predicted octanol–water partition coefficient (Wildman–Crippen LogP) is 3.78. The van der Waals surface area contributed by atoms with Gasteiger partial charge in [0.25, 0.3) is 0 Å². The fourth-order valence-corrected chi connectivity index (χ4v) is 2.63. The van der Waals surface area contributed by atoms with Crippen molar-refractivity contribution in [3.05, 3.63) is 24.3 Å². The highest BCUT2D eigenvalue weighted by atomic mass is 127. The lowest BCUT2D eigenvalue weighted by Crippen LogP contribution is -2.23. The van der Waals surface area contributed by atoms with Crippen LogP contribution >= 0.6 is 24.0 Å². The van der Waals surface area contributed by atoms with E-state index in [1.54, 1.807) is 7.11 Å². The van der Waals surface area contributed by atoms with Crippen LogP contribution in [0.4, 0.5) is 5.69 Å². The van der Waals surface area contributed by atoms with E-state index in [2.05, 4.69) is 10.3 Å². The van der Waals surface area contributed by atoms with Crippen LogP contribution in [0.25, 0.3) is 0 Å². The summed E-state index contributed by atoms with van der Waals surface area (Å²) in [6.45, 7) is 1.44. The number of ether oxygens (including phenoxy) is 2. The van der Waals surface area contributed by atoms with E-state index in [9.17, 15) is 0 Å². The van der Waals surface area contributed by atoms with Crippen molar-refractivity contribution in [3.8, 4) is 5.75 Å². The van der Waals surface area contributed by atoms with Crippen LogP contribution in [0.5, 0.6) is 5.75 Å². The van der Waals surface area contributed by atoms with Crippen molar-refractivity contribution in [1.82, 2.24) is 0 Å². The first-order valence-corrected chi connectivity index (χ1v) is 8.10. The summed E-state index contributed by atoms with van der Waals surface area (Å²) in [7, 11) is 1.64. The highest BCUT2D eigenvalue weighted by molar-refractivity contribution is 14.0. The van der Waals surface area contributed by atoms with Crippen LogP contribution in [-0.2, 0) is 4.74 Å². The molecule has 0 spiro atoms. The molecule has 1 aromatic rings. The topological polar surface area (TPSA) is 68.9 Å². The van der Waals surface area contributed by atoms with Crippen LogP contribution in [0, 0.1) is 0 Å². The van der Waals surface area contributed by atoms with Crippen LogP contribution < -0.4 is 15.8 Å². The van der Waals surface area contributed by atoms with E-state index in [4.69, 9.17) is 15.2 Å². The van der Waals surface area contributed by atoms with Crippen molar-refractivity contribution in [2.24, 2.45) is 10.7 Å². The van der Waals surface area contributed by atoms with Gasteiger partial charge in [-0.3, -0.25) is 4.99 Å². The van der Waals surface area contributed by atoms with Gasteiger partial charge in [0.1, 0.15) is 5.75 Å². The molecule has 2 rings (SSSR count). The smallest absolute Gasteiger partial charge is 0.193 e. The number of hydrogen-bond acceptors (Lipinski definition) is 3. The average Bonchev–Trinajstić information content (AvgIpc) is 2.55. The van der Waals surface area contributed by atoms with Gasteiger partial charge < -0.3 is 20.5 Å². The third-order valence-corrected chi connectivity index (χ3v) is 3.83. The minimum absolute atomic E-state index is 0. The summed E-state index contributed by atoms with van der Waals surface area (Å²) in [4.78, 5) is 4.32. The third-order valence-electron chi connectivity index (χ3n) is 3.83. The van der Waals surface area contributed by atoms with E-state index < -0.39 is 0 Å². The lowest BCUT2D eigenvalue weighted by atomic mass is 9.98. The summed E-state index contributed by atoms with van der Waals surface area (Å²) in [5.41, 5.74) is 6.75. The molecule has 0 bridgehead atoms. The first kappa shape index (κ1) is 20.0. The summed E-state index contributed by atoms with van der Waals surface area (Å²) in [5.74, 6) is 1.21. The van der Waals surface area contributed by atoms with Crippen LogP contribution in [0.2, 0.25) is 0 Å². The molecule has 5 nitrogen and oxygen atoms in total. The summed E-state index contributed by atoms with van der Waals surface area (Å²) >= 11 is 0. The van der Waals surface area contributed by atoms with E-state index in [0.717, 1.165) is 24.5 Å². The van der Waals surface area contributed by atoms with Gasteiger partial charge in [-0.25, -0.2) is 0 Å². The number of nitrogens with two attached hydrogens (primary N) is 1. The molecule has 23 heavy (non-hydrogen) atoms. The van der Waals surface area contributed by atoms with Gasteiger partial charge in [-0.1, -0.05) is 25.3 Å². The SMILES string of the molecule is COc1cccc(NC(N)=NCCCOC2CCCCC2)c1.I. The largest absolute Gasteiger partial charge is 0.497 e. The average molecular weight is 433 g/mol. The highest BCUT2D eigenvalue weighted by Gasteiger charge is 2.12. The molecule has 1 aliphatic rings. The van der Waals surface area contributed by atoms with Crippen molar-refractivity contribution >= 4 is 35.6 Å². The molecule has 3 N–H and O–H groups in total. The molecule has 0 radical (unpaired) electrons. The molecule has 1 fully saturated rings. The highest BCUT2D eigenvalue weighted by Crippen LogP contribution is 2.20. The van der Waals surface area contributed by atoms with Crippen molar-refractivity contribution in [3.63, 3.8) is 0 Å². The molecule has 1 aromatic carbocycles. The molecule has 6 heteroatoms. The van der Waals surface area contributed by atoms with Gasteiger partial charge in [0.15, 0.2) is 5.96 Å². The first-order chi connectivity index (χ1) is 10.8. The van der Waals surface area contributed by atoms with Gasteiger partial charge in [-0.2, -0.15) is 0 Å². The number of guanidine groups is 1. The van der Waals surface area contributed by atoms with Crippen LogP contribution in [0.1, 0.15) is 38.5 Å². The van der Waals surface area contributed by atoms with Crippen molar-refractivity contribution in [1.29, 1.82) is 0 Å². The maximum absolute atomic E-state index is 5.88. The van der Waals surface area contributed by atoms with E-state index in [1.165, 1.54) is 32.1 Å². The van der Waals surface area contributed by atoms with Crippen molar-refractivity contribution in [2.45, 2.75) is 44.6 Å². The summed E-state index contributed by atoms with van der Waals surface area (Å²) in [6.07, 6.45) is 7.75. The molecule has 0 unspecified atom stereocenters. The number of nitrogens with zero attached hydrogens (tertiary/aromatic N) is 1. The Bertz CT molecular complexity index is 477. The number of nitrogens with one attached hydrogen (secondary N) is 1. The van der Waals surface area contributed by atoms with E-state index in [0.29, 0.717) is 18.6 Å². The molecular formula is C17H28IN3O2. The number of benzene rings is 1. The second-order valence-electron chi connectivity index (χ2n) is 5.61. The fourth-order valence-electron chi connectivity index (χ4n) is 2.63. The van der Waals surface area contributed by atoms with Gasteiger partial charge in [-0.05, 0) is 31.4 Å². The zero-order valence-corrected chi connectivity index (χ0v) is 16.1. The summed E-state index contributed by atoms with van der Waals surface area (Å²) in [5, 5.41) is 3.06. The molecule has 0 aromatic heterocycles. The minimum Gasteiger partial charge on any atom is -0.497 e. The molecular weight excluding hydrogens is 405 g/mol. The van der Waals surface area contributed by atoms with E-state index in [-0.39, 0.29) is 24.0 Å². The number of halogens is 1. The Morgan fingerprint density at radius 2 is 2.09 bits per heavy atom. The molecule has 0 saturated heterocycles. The van der Waals surface area contributed by atoms with Crippen molar-refractivity contribution in [2.75, 3.05) is 25.6 Å². The predicted molar refractivity (Wildman–Crippen MR) is 106 cm³/mol. The number of anilines is 1. The second kappa shape index (κ2) is 11.5. The third kappa shape index (κ3) is 7.87. The molecule has 0 atom stereocenters. The van der Waals surface area contributed by atoms with Gasteiger partial charge in [-0.15, -0.1) is 24.0 Å². The van der Waals surface area contributed by atoms with Gasteiger partial charge in [0.05, 0.1) is 13.2 Å². The molecule has 1 saturated carbocycles. The Labute approximate surface area is 156 Å². The first-order valence-electron chi connectivity index (χ1n) is 8.10. The zero-order valence-electron chi connectivity index (χ0n) is 13.8. The van der Waals surface area contributed by atoms with Crippen LogP contribution in [0.15, 0.2) is 29.3 Å². The minimum atomic E-state index is 0. The van der Waals surface area contributed by atoms with Gasteiger partial charge in [0, 0.05) is 24.9 Å². The molecule has 0 heterocycles. The standard InChI is InChI=1S/C17H27N3O2.HI/c1-21-16-10-5-7-14(13-16)20-17(18)19-11-6-12-22-15-8-3-2-4-9-15;/h5,7,10,13,15H,2-4,6,8-9,11-12H2,1H3,(H3,18,19,20);1H. The Morgan fingerprint density at radius 1 is 1.30 bits per heavy atom. The number of rotatable bonds is 7. The Hall–Kier alpha value is -1.02. The number of methoxy groups -OCH3 is 1. The Kier molecular flexibility index (Phi) is 10.0. The molecule has 1 aliphatic carbocycles. The monoisotopic (exact) mass is 433 g/mol. The quantitative estimate of drug-likeness (QED) is 0.297. The maximum atomic E-state index is 5.88. The molecule has 0 amide bonds. The fraction of sp³-hybridized carbons (Fsp3) is 0.588. The van der Waals surface area contributed by atoms with Crippen LogP contribution in [0.3, 0.4) is 0 Å². The molecule has 0 aliphatic heterocycles. The maximum Gasteiger partial charge on any atom is 0.193 e. The number of hydrogen-bond donors (Lipinski definition) is 2. The summed E-state index contributed by atoms with van der Waals surface area (Å²) in [6, 6.07) is 7.61. The Balaban J connectivity index is 0.00000264. The lowest BCUT2D eigenvalue weighted by molar-refractivity contribution is 0.0281. The Morgan fingerprint density at radius 3 is 2.83 bits per heavy atom. The van der Waals surface area contributed by atoms with E-state index in [1.807, 2.05) is 24.3 Å².